The molecule has 6 nitrogen and oxygen atoms in total. The number of nitrogens with one attached hydrogen (secondary N) is 1. The van der Waals surface area contributed by atoms with Crippen molar-refractivity contribution in [3.05, 3.63) is 53.1 Å². The van der Waals surface area contributed by atoms with E-state index in [0.717, 1.165) is 23.3 Å². The Morgan fingerprint density at radius 1 is 1.15 bits per heavy atom. The van der Waals surface area contributed by atoms with Gasteiger partial charge in [-0.3, -0.25) is 0 Å². The van der Waals surface area contributed by atoms with E-state index < -0.39 is 0 Å². The number of benzene rings is 2. The molecule has 0 aliphatic carbocycles. The van der Waals surface area contributed by atoms with Gasteiger partial charge in [-0.2, -0.15) is 0 Å². The zero-order valence-corrected chi connectivity index (χ0v) is 16.0. The number of aromatic hydroxyl groups is 1. The fourth-order valence-corrected chi connectivity index (χ4v) is 3.40. The molecule has 6 heteroatoms. The third kappa shape index (κ3) is 4.45. The summed E-state index contributed by atoms with van der Waals surface area (Å²) in [4.78, 5) is 14.5. The quantitative estimate of drug-likeness (QED) is 0.848. The number of phenolic OH excluding ortho intramolecular Hbond substituents is 1. The number of rotatable bonds is 5. The van der Waals surface area contributed by atoms with Crippen molar-refractivity contribution in [1.82, 2.24) is 10.2 Å². The minimum absolute atomic E-state index is 0.00570. The zero-order chi connectivity index (χ0) is 19.4. The van der Waals surface area contributed by atoms with Gasteiger partial charge in [0.15, 0.2) is 11.5 Å². The van der Waals surface area contributed by atoms with Gasteiger partial charge in [0.25, 0.3) is 0 Å². The number of hydrogen-bond donors (Lipinski definition) is 2. The van der Waals surface area contributed by atoms with Gasteiger partial charge in [0.2, 0.25) is 0 Å². The van der Waals surface area contributed by atoms with E-state index in [2.05, 4.69) is 5.32 Å². The predicted octanol–water partition coefficient (Wildman–Crippen LogP) is 3.11. The summed E-state index contributed by atoms with van der Waals surface area (Å²) in [6, 6.07) is 10.9. The van der Waals surface area contributed by atoms with E-state index in [1.165, 1.54) is 5.56 Å². The topological polar surface area (TPSA) is 71.0 Å². The molecule has 2 N–H and O–H groups in total. The molecular weight excluding hydrogens is 344 g/mol. The number of amides is 2. The lowest BCUT2D eigenvalue weighted by Gasteiger charge is -2.30. The molecule has 1 aliphatic rings. The van der Waals surface area contributed by atoms with Crippen LogP contribution < -0.4 is 14.8 Å². The van der Waals surface area contributed by atoms with Gasteiger partial charge in [-0.25, -0.2) is 4.79 Å². The van der Waals surface area contributed by atoms with Crippen LogP contribution in [0.2, 0.25) is 0 Å². The molecule has 0 aromatic heterocycles. The van der Waals surface area contributed by atoms with Crippen LogP contribution in [-0.4, -0.2) is 42.8 Å². The average molecular weight is 370 g/mol. The maximum absolute atomic E-state index is 12.7. The smallest absolute Gasteiger partial charge is 0.317 e. The van der Waals surface area contributed by atoms with E-state index in [1.807, 2.05) is 36.1 Å². The fourth-order valence-electron chi connectivity index (χ4n) is 3.40. The number of hydrogen-bond acceptors (Lipinski definition) is 4. The van der Waals surface area contributed by atoms with Crippen LogP contribution in [0.25, 0.3) is 0 Å². The molecule has 2 amide bonds. The first kappa shape index (κ1) is 18.9. The van der Waals surface area contributed by atoms with Crippen LogP contribution in [-0.2, 0) is 19.4 Å². The van der Waals surface area contributed by atoms with E-state index >= 15 is 0 Å². The Bertz CT molecular complexity index is 805. The highest BCUT2D eigenvalue weighted by Crippen LogP contribution is 2.33. The van der Waals surface area contributed by atoms with Crippen molar-refractivity contribution in [2.45, 2.75) is 32.4 Å². The monoisotopic (exact) mass is 370 g/mol. The standard InChI is InChI=1S/C21H26N2O4/c1-14(10-15-4-6-18(24)7-5-15)22-21(25)23-9-8-16-11-19(26-2)20(27-3)12-17(16)13-23/h4-7,11-12,14,24H,8-10,13H2,1-3H3,(H,22,25)/t14-/m1/s1. The molecule has 0 fully saturated rings. The number of carbonyl (C=O) groups excluding carboxylic acids is 1. The molecule has 0 unspecified atom stereocenters. The van der Waals surface area contributed by atoms with Crippen molar-refractivity contribution < 1.29 is 19.4 Å². The summed E-state index contributed by atoms with van der Waals surface area (Å²) in [5.41, 5.74) is 3.34. The summed E-state index contributed by atoms with van der Waals surface area (Å²) in [6.45, 7) is 3.20. The van der Waals surface area contributed by atoms with E-state index in [0.29, 0.717) is 25.3 Å². The van der Waals surface area contributed by atoms with Crippen molar-refractivity contribution in [2.75, 3.05) is 20.8 Å². The maximum Gasteiger partial charge on any atom is 0.317 e. The molecule has 3 rings (SSSR count). The summed E-state index contributed by atoms with van der Waals surface area (Å²) in [6.07, 6.45) is 1.50. The Morgan fingerprint density at radius 2 is 1.78 bits per heavy atom. The van der Waals surface area contributed by atoms with Gasteiger partial charge in [-0.1, -0.05) is 12.1 Å². The van der Waals surface area contributed by atoms with Gasteiger partial charge in [-0.15, -0.1) is 0 Å². The van der Waals surface area contributed by atoms with E-state index in [1.54, 1.807) is 26.4 Å². The van der Waals surface area contributed by atoms with Gasteiger partial charge in [0.1, 0.15) is 5.75 Å². The van der Waals surface area contributed by atoms with Crippen molar-refractivity contribution >= 4 is 6.03 Å². The Labute approximate surface area is 159 Å². The highest BCUT2D eigenvalue weighted by Gasteiger charge is 2.23. The fraction of sp³-hybridized carbons (Fsp3) is 0.381. The Hall–Kier alpha value is -2.89. The summed E-state index contributed by atoms with van der Waals surface area (Å²) in [5, 5.41) is 12.4. The maximum atomic E-state index is 12.7. The van der Waals surface area contributed by atoms with Crippen LogP contribution in [0.5, 0.6) is 17.2 Å². The number of fused-ring (bicyclic) bond motifs is 1. The molecule has 1 aliphatic heterocycles. The van der Waals surface area contributed by atoms with Gasteiger partial charge in [0.05, 0.1) is 14.2 Å². The lowest BCUT2D eigenvalue weighted by atomic mass is 9.99. The lowest BCUT2D eigenvalue weighted by molar-refractivity contribution is 0.189. The molecule has 1 atom stereocenters. The normalized spacial score (nSPS) is 14.3. The molecule has 1 heterocycles. The first-order valence-electron chi connectivity index (χ1n) is 9.07. The first-order valence-corrected chi connectivity index (χ1v) is 9.07. The third-order valence-electron chi connectivity index (χ3n) is 4.85. The van der Waals surface area contributed by atoms with Gasteiger partial charge < -0.3 is 24.8 Å². The summed E-state index contributed by atoms with van der Waals surface area (Å²) in [7, 11) is 3.24. The zero-order valence-electron chi connectivity index (χ0n) is 16.0. The molecule has 144 valence electrons. The molecule has 0 saturated heterocycles. The Kier molecular flexibility index (Phi) is 5.74. The molecule has 0 bridgehead atoms. The summed E-state index contributed by atoms with van der Waals surface area (Å²) < 4.78 is 10.7. The van der Waals surface area contributed by atoms with E-state index in [4.69, 9.17) is 9.47 Å². The highest BCUT2D eigenvalue weighted by atomic mass is 16.5. The van der Waals surface area contributed by atoms with Crippen LogP contribution in [0.1, 0.15) is 23.6 Å². The molecule has 2 aromatic rings. The Balaban J connectivity index is 1.62. The van der Waals surface area contributed by atoms with Crippen LogP contribution >= 0.6 is 0 Å². The molecule has 2 aromatic carbocycles. The molecule has 0 spiro atoms. The van der Waals surface area contributed by atoms with E-state index in [-0.39, 0.29) is 17.8 Å². The molecular formula is C21H26N2O4. The summed E-state index contributed by atoms with van der Waals surface area (Å²) >= 11 is 0. The largest absolute Gasteiger partial charge is 0.508 e. The number of nitrogens with zero attached hydrogens (tertiary/aromatic N) is 1. The number of carbonyl (C=O) groups is 1. The number of phenols is 1. The van der Waals surface area contributed by atoms with Gasteiger partial charge >= 0.3 is 6.03 Å². The second kappa shape index (κ2) is 8.20. The minimum atomic E-state index is -0.0679. The first-order chi connectivity index (χ1) is 13.0. The molecule has 0 saturated carbocycles. The summed E-state index contributed by atoms with van der Waals surface area (Å²) in [5.74, 6) is 1.64. The molecule has 0 radical (unpaired) electrons. The second-order valence-electron chi connectivity index (χ2n) is 6.87. The van der Waals surface area contributed by atoms with Crippen molar-refractivity contribution in [1.29, 1.82) is 0 Å². The third-order valence-corrected chi connectivity index (χ3v) is 4.85. The Morgan fingerprint density at radius 3 is 2.41 bits per heavy atom. The van der Waals surface area contributed by atoms with Crippen molar-refractivity contribution in [3.8, 4) is 17.2 Å². The van der Waals surface area contributed by atoms with Crippen molar-refractivity contribution in [2.24, 2.45) is 0 Å². The average Bonchev–Trinajstić information content (AvgIpc) is 2.68. The van der Waals surface area contributed by atoms with E-state index in [9.17, 15) is 9.90 Å². The lowest BCUT2D eigenvalue weighted by Crippen LogP contribution is -2.46. The SMILES string of the molecule is COc1cc2c(cc1OC)CN(C(=O)N[C@H](C)Cc1ccc(O)cc1)CC2. The van der Waals surface area contributed by atoms with Crippen LogP contribution in [0, 0.1) is 0 Å². The molecule has 27 heavy (non-hydrogen) atoms. The predicted molar refractivity (Wildman–Crippen MR) is 103 cm³/mol. The second-order valence-corrected chi connectivity index (χ2v) is 6.87. The van der Waals surface area contributed by atoms with Crippen LogP contribution in [0.3, 0.4) is 0 Å². The van der Waals surface area contributed by atoms with Crippen LogP contribution in [0.15, 0.2) is 36.4 Å². The highest BCUT2D eigenvalue weighted by molar-refractivity contribution is 5.75. The number of ether oxygens (including phenoxy) is 2. The van der Waals surface area contributed by atoms with Crippen LogP contribution in [0.4, 0.5) is 4.79 Å². The van der Waals surface area contributed by atoms with Gasteiger partial charge in [0, 0.05) is 19.1 Å². The number of methoxy groups -OCH3 is 2. The van der Waals surface area contributed by atoms with Gasteiger partial charge in [-0.05, 0) is 60.7 Å². The minimum Gasteiger partial charge on any atom is -0.508 e. The number of urea groups is 1. The van der Waals surface area contributed by atoms with Crippen molar-refractivity contribution in [3.63, 3.8) is 0 Å².